The second-order valence-electron chi connectivity index (χ2n) is 2.64. The maximum absolute atomic E-state index is 3.28. The zero-order valence-corrected chi connectivity index (χ0v) is 4.57. The highest BCUT2D eigenvalue weighted by Crippen LogP contribution is 2.35. The first kappa shape index (κ1) is 3.87. The lowest BCUT2D eigenvalue weighted by atomic mass is 10.2. The zero-order chi connectivity index (χ0) is 4.91. The third-order valence-corrected chi connectivity index (χ3v) is 1.97. The van der Waals surface area contributed by atoms with E-state index in [0.717, 1.165) is 0 Å². The van der Waals surface area contributed by atoms with Gasteiger partial charge in [0.2, 0.25) is 0 Å². The van der Waals surface area contributed by atoms with Gasteiger partial charge in [0, 0.05) is 6.54 Å². The Morgan fingerprint density at radius 2 is 2.57 bits per heavy atom. The molecule has 2 atom stereocenters. The average molecular weight is 98.1 g/mol. The number of hydrazine groups is 1. The van der Waals surface area contributed by atoms with E-state index in [1.807, 2.05) is 0 Å². The largest absolute Gasteiger partial charge is 0.232 e. The molecule has 0 aromatic carbocycles. The van der Waals surface area contributed by atoms with Crippen molar-refractivity contribution in [2.24, 2.45) is 0 Å². The van der Waals surface area contributed by atoms with Gasteiger partial charge < -0.3 is 0 Å². The fourth-order valence-corrected chi connectivity index (χ4v) is 1.34. The van der Waals surface area contributed by atoms with Crippen molar-refractivity contribution in [3.05, 3.63) is 0 Å². The summed E-state index contributed by atoms with van der Waals surface area (Å²) in [4.78, 5) is 0. The molecule has 2 heteroatoms. The van der Waals surface area contributed by atoms with Crippen LogP contribution in [0.5, 0.6) is 0 Å². The number of hydrogen-bond donors (Lipinski definition) is 1. The fourth-order valence-electron chi connectivity index (χ4n) is 1.34. The van der Waals surface area contributed by atoms with Crippen LogP contribution in [0.15, 0.2) is 0 Å². The van der Waals surface area contributed by atoms with Crippen molar-refractivity contribution in [1.82, 2.24) is 10.4 Å². The molecule has 40 valence electrons. The van der Waals surface area contributed by atoms with Crippen LogP contribution >= 0.6 is 0 Å². The van der Waals surface area contributed by atoms with Crippen LogP contribution in [-0.2, 0) is 0 Å². The third kappa shape index (κ3) is 0.359. The minimum Gasteiger partial charge on any atom is -0.232 e. The molecule has 0 saturated carbocycles. The molecule has 0 amide bonds. The Bertz CT molecular complexity index is 100. The molecule has 2 aliphatic rings. The van der Waals surface area contributed by atoms with Gasteiger partial charge in [-0.25, -0.2) is 10.4 Å². The number of nitrogens with one attached hydrogen (secondary N) is 1. The van der Waals surface area contributed by atoms with E-state index in [1.54, 1.807) is 0 Å². The molecule has 2 rings (SSSR count). The van der Waals surface area contributed by atoms with Crippen molar-refractivity contribution in [1.29, 1.82) is 0 Å². The van der Waals surface area contributed by atoms with Gasteiger partial charge in [0.25, 0.3) is 0 Å². The Kier molecular flexibility index (Phi) is 0.474. The van der Waals surface area contributed by atoms with E-state index in [4.69, 9.17) is 0 Å². The smallest absolute Gasteiger partial charge is 0.0946 e. The molecule has 0 aromatic heterocycles. The second kappa shape index (κ2) is 0.858. The highest BCUT2D eigenvalue weighted by Gasteiger charge is 2.50. The number of fused-ring (bicyclic) bond motifs is 1. The van der Waals surface area contributed by atoms with Gasteiger partial charge in [0.1, 0.15) is 0 Å². The van der Waals surface area contributed by atoms with Crippen molar-refractivity contribution in [2.75, 3.05) is 6.54 Å². The Morgan fingerprint density at radius 3 is 2.71 bits per heavy atom. The van der Waals surface area contributed by atoms with E-state index in [9.17, 15) is 0 Å². The first-order valence-electron chi connectivity index (χ1n) is 2.87. The normalized spacial score (nSPS) is 57.0. The van der Waals surface area contributed by atoms with Crippen LogP contribution in [0.2, 0.25) is 0 Å². The highest BCUT2D eigenvalue weighted by atomic mass is 15.8. The van der Waals surface area contributed by atoms with Gasteiger partial charge >= 0.3 is 0 Å². The molecular formula is C5H10N2. The van der Waals surface area contributed by atoms with E-state index < -0.39 is 0 Å². The van der Waals surface area contributed by atoms with E-state index in [0.29, 0.717) is 5.66 Å². The van der Waals surface area contributed by atoms with Crippen molar-refractivity contribution in [3.63, 3.8) is 0 Å². The summed E-state index contributed by atoms with van der Waals surface area (Å²) in [5.41, 5.74) is 3.72. The predicted octanol–water partition coefficient (Wildman–Crippen LogP) is 0.317. The van der Waals surface area contributed by atoms with Crippen LogP contribution in [0.3, 0.4) is 0 Å². The van der Waals surface area contributed by atoms with Crippen LogP contribution in [-0.4, -0.2) is 17.2 Å². The molecule has 2 saturated heterocycles. The molecule has 2 aliphatic heterocycles. The molecule has 7 heavy (non-hydrogen) atoms. The number of hydrogen-bond acceptors (Lipinski definition) is 2. The minimum atomic E-state index is 0.444. The van der Waals surface area contributed by atoms with Crippen LogP contribution in [0, 0.1) is 0 Å². The minimum absolute atomic E-state index is 0.444. The summed E-state index contributed by atoms with van der Waals surface area (Å²) in [7, 11) is 0. The summed E-state index contributed by atoms with van der Waals surface area (Å²) in [6.07, 6.45) is 2.72. The Labute approximate surface area is 43.5 Å². The number of nitrogens with zero attached hydrogens (tertiary/aromatic N) is 1. The number of rotatable bonds is 0. The van der Waals surface area contributed by atoms with E-state index in [1.165, 1.54) is 19.4 Å². The second-order valence-corrected chi connectivity index (χ2v) is 2.64. The summed E-state index contributed by atoms with van der Waals surface area (Å²) in [6.45, 7) is 3.51. The molecule has 2 fully saturated rings. The quantitative estimate of drug-likeness (QED) is 0.441. The maximum Gasteiger partial charge on any atom is 0.0946 e. The molecule has 2 nitrogen and oxygen atoms in total. The van der Waals surface area contributed by atoms with Crippen molar-refractivity contribution in [2.45, 2.75) is 25.4 Å². The van der Waals surface area contributed by atoms with Gasteiger partial charge in [0.05, 0.1) is 5.66 Å². The van der Waals surface area contributed by atoms with Gasteiger partial charge in [0.15, 0.2) is 0 Å². The first-order chi connectivity index (χ1) is 3.31. The van der Waals surface area contributed by atoms with Crippen molar-refractivity contribution < 1.29 is 0 Å². The first-order valence-corrected chi connectivity index (χ1v) is 2.87. The maximum atomic E-state index is 3.28. The van der Waals surface area contributed by atoms with E-state index >= 15 is 0 Å². The van der Waals surface area contributed by atoms with Gasteiger partial charge in [-0.15, -0.1) is 0 Å². The zero-order valence-electron chi connectivity index (χ0n) is 4.57. The van der Waals surface area contributed by atoms with Crippen LogP contribution in [0.25, 0.3) is 0 Å². The monoisotopic (exact) mass is 98.1 g/mol. The van der Waals surface area contributed by atoms with Crippen LogP contribution < -0.4 is 5.43 Å². The van der Waals surface area contributed by atoms with Crippen molar-refractivity contribution >= 4 is 0 Å². The Morgan fingerprint density at radius 1 is 1.71 bits per heavy atom. The molecule has 0 bridgehead atoms. The lowest BCUT2D eigenvalue weighted by Gasteiger charge is -1.91. The molecule has 2 unspecified atom stereocenters. The molecular weight excluding hydrogens is 88.1 g/mol. The van der Waals surface area contributed by atoms with Gasteiger partial charge in [-0.1, -0.05) is 0 Å². The third-order valence-electron chi connectivity index (χ3n) is 1.97. The fraction of sp³-hybridized carbons (Fsp3) is 1.00. The van der Waals surface area contributed by atoms with E-state index in [2.05, 4.69) is 17.4 Å². The van der Waals surface area contributed by atoms with Crippen LogP contribution in [0.4, 0.5) is 0 Å². The van der Waals surface area contributed by atoms with Crippen molar-refractivity contribution in [3.8, 4) is 0 Å². The lowest BCUT2D eigenvalue weighted by molar-refractivity contribution is 0.511. The van der Waals surface area contributed by atoms with E-state index in [-0.39, 0.29) is 0 Å². The highest BCUT2D eigenvalue weighted by molar-refractivity contribution is 4.98. The topological polar surface area (TPSA) is 25.0 Å². The standard InChI is InChI=1S/C5H10N2/c1-5-3-2-4-7(5)6-5/h6H,2-4H2,1H3. The summed E-state index contributed by atoms with van der Waals surface area (Å²) < 4.78 is 0. The SMILES string of the molecule is CC12CCCN1N2. The summed E-state index contributed by atoms with van der Waals surface area (Å²) in [6, 6.07) is 0. The molecule has 0 spiro atoms. The molecule has 0 radical (unpaired) electrons. The van der Waals surface area contributed by atoms with Gasteiger partial charge in [-0.2, -0.15) is 0 Å². The lowest BCUT2D eigenvalue weighted by Crippen LogP contribution is -2.05. The summed E-state index contributed by atoms with van der Waals surface area (Å²) in [5, 5.41) is 2.30. The van der Waals surface area contributed by atoms with Gasteiger partial charge in [-0.3, -0.25) is 0 Å². The Balaban J connectivity index is 2.17. The molecule has 2 heterocycles. The summed E-state index contributed by atoms with van der Waals surface area (Å²) >= 11 is 0. The predicted molar refractivity (Wildman–Crippen MR) is 27.5 cm³/mol. The summed E-state index contributed by atoms with van der Waals surface area (Å²) in [5.74, 6) is 0. The van der Waals surface area contributed by atoms with Crippen LogP contribution in [0.1, 0.15) is 19.8 Å². The molecule has 0 aromatic rings. The molecule has 1 N–H and O–H groups in total. The average Bonchev–Trinajstić information content (AvgIpc) is 2.09. The molecule has 0 aliphatic carbocycles. The van der Waals surface area contributed by atoms with Gasteiger partial charge in [-0.05, 0) is 19.8 Å². The Hall–Kier alpha value is -0.0800.